The molecule has 0 fully saturated rings. The van der Waals surface area contributed by atoms with Gasteiger partial charge in [0.15, 0.2) is 0 Å². The van der Waals surface area contributed by atoms with Crippen LogP contribution in [0.15, 0.2) is 30.5 Å². The lowest BCUT2D eigenvalue weighted by Gasteiger charge is -2.08. The average molecular weight is 266 g/mol. The van der Waals surface area contributed by atoms with Gasteiger partial charge in [0.1, 0.15) is 23.1 Å². The number of amides is 1. The van der Waals surface area contributed by atoms with Gasteiger partial charge in [-0.05, 0) is 24.3 Å². The molecule has 19 heavy (non-hydrogen) atoms. The highest BCUT2D eigenvalue weighted by Crippen LogP contribution is 2.29. The van der Waals surface area contributed by atoms with Gasteiger partial charge in [-0.1, -0.05) is 0 Å². The molecule has 6 heteroatoms. The minimum Gasteiger partial charge on any atom is -0.326 e. The molecule has 1 heterocycles. The summed E-state index contributed by atoms with van der Waals surface area (Å²) in [5.41, 5.74) is -1.01. The van der Waals surface area contributed by atoms with Crippen LogP contribution in [0.5, 0.6) is 0 Å². The van der Waals surface area contributed by atoms with Crippen LogP contribution in [-0.4, -0.2) is 10.9 Å². The lowest BCUT2D eigenvalue weighted by molar-refractivity contribution is -0.114. The number of aromatic nitrogens is 1. The fourth-order valence-electron chi connectivity index (χ4n) is 1.64. The zero-order chi connectivity index (χ0) is 14.0. The van der Waals surface area contributed by atoms with Crippen molar-refractivity contribution < 1.29 is 18.0 Å². The minimum atomic E-state index is -0.999. The van der Waals surface area contributed by atoms with Crippen molar-refractivity contribution in [3.63, 3.8) is 0 Å². The quantitative estimate of drug-likeness (QED) is 0.907. The van der Waals surface area contributed by atoms with Crippen LogP contribution in [0.1, 0.15) is 6.92 Å². The van der Waals surface area contributed by atoms with E-state index in [1.807, 2.05) is 0 Å². The maximum absolute atomic E-state index is 13.8. The van der Waals surface area contributed by atoms with Crippen LogP contribution in [0.3, 0.4) is 0 Å². The lowest BCUT2D eigenvalue weighted by atomic mass is 10.1. The summed E-state index contributed by atoms with van der Waals surface area (Å²) in [5.74, 6) is -3.29. The molecule has 0 saturated carbocycles. The van der Waals surface area contributed by atoms with Crippen LogP contribution in [0, 0.1) is 17.5 Å². The van der Waals surface area contributed by atoms with E-state index < -0.39 is 34.6 Å². The number of hydrogen-bond donors (Lipinski definition) is 1. The molecular formula is C13H9F3N2O. The molecular weight excluding hydrogens is 257 g/mol. The molecule has 98 valence electrons. The zero-order valence-corrected chi connectivity index (χ0v) is 9.88. The predicted octanol–water partition coefficient (Wildman–Crippen LogP) is 3.12. The van der Waals surface area contributed by atoms with E-state index in [1.165, 1.54) is 19.2 Å². The van der Waals surface area contributed by atoms with Gasteiger partial charge in [0.2, 0.25) is 5.91 Å². The molecule has 1 N–H and O–H groups in total. The summed E-state index contributed by atoms with van der Waals surface area (Å²) in [6, 6.07) is 4.20. The smallest absolute Gasteiger partial charge is 0.221 e. The lowest BCUT2D eigenvalue weighted by Crippen LogP contribution is -2.07. The first-order valence-electron chi connectivity index (χ1n) is 5.36. The van der Waals surface area contributed by atoms with Crippen molar-refractivity contribution in [3.05, 3.63) is 47.9 Å². The molecule has 0 aliphatic rings. The van der Waals surface area contributed by atoms with Gasteiger partial charge in [0, 0.05) is 18.8 Å². The van der Waals surface area contributed by atoms with Crippen LogP contribution < -0.4 is 5.32 Å². The van der Waals surface area contributed by atoms with Crippen LogP contribution in [0.4, 0.5) is 18.9 Å². The van der Waals surface area contributed by atoms with E-state index in [0.717, 1.165) is 18.2 Å². The van der Waals surface area contributed by atoms with Gasteiger partial charge in [-0.15, -0.1) is 0 Å². The summed E-state index contributed by atoms with van der Waals surface area (Å²) in [6.45, 7) is 1.21. The van der Waals surface area contributed by atoms with E-state index in [9.17, 15) is 18.0 Å². The predicted molar refractivity (Wildman–Crippen MR) is 63.9 cm³/mol. The summed E-state index contributed by atoms with van der Waals surface area (Å²) in [4.78, 5) is 14.4. The van der Waals surface area contributed by atoms with E-state index >= 15 is 0 Å². The fourth-order valence-corrected chi connectivity index (χ4v) is 1.64. The van der Waals surface area contributed by atoms with Crippen molar-refractivity contribution in [2.24, 2.45) is 0 Å². The van der Waals surface area contributed by atoms with Gasteiger partial charge >= 0.3 is 0 Å². The third kappa shape index (κ3) is 2.73. The number of carbonyl (C=O) groups excluding carboxylic acids is 1. The number of carbonyl (C=O) groups is 1. The van der Waals surface area contributed by atoms with E-state index in [-0.39, 0.29) is 5.69 Å². The van der Waals surface area contributed by atoms with Crippen LogP contribution in [0.25, 0.3) is 11.3 Å². The summed E-state index contributed by atoms with van der Waals surface area (Å²) in [7, 11) is 0. The number of rotatable bonds is 2. The molecule has 0 bridgehead atoms. The fraction of sp³-hybridized carbons (Fsp3) is 0.0769. The second-order valence-corrected chi connectivity index (χ2v) is 3.83. The highest BCUT2D eigenvalue weighted by molar-refractivity contribution is 5.89. The number of benzene rings is 1. The highest BCUT2D eigenvalue weighted by Gasteiger charge is 2.18. The van der Waals surface area contributed by atoms with Gasteiger partial charge < -0.3 is 5.32 Å². The topological polar surface area (TPSA) is 42.0 Å². The Balaban J connectivity index is 2.54. The van der Waals surface area contributed by atoms with Crippen molar-refractivity contribution in [3.8, 4) is 11.3 Å². The van der Waals surface area contributed by atoms with Crippen LogP contribution in [-0.2, 0) is 4.79 Å². The molecule has 0 saturated heterocycles. The molecule has 1 aromatic heterocycles. The molecule has 1 amide bonds. The Hall–Kier alpha value is -2.37. The molecule has 1 aromatic carbocycles. The number of hydrogen-bond acceptors (Lipinski definition) is 2. The third-order valence-electron chi connectivity index (χ3n) is 2.36. The van der Waals surface area contributed by atoms with Crippen molar-refractivity contribution >= 4 is 11.6 Å². The molecule has 0 aliphatic carbocycles. The van der Waals surface area contributed by atoms with Gasteiger partial charge in [-0.3, -0.25) is 9.78 Å². The van der Waals surface area contributed by atoms with Crippen molar-refractivity contribution in [2.45, 2.75) is 6.92 Å². The summed E-state index contributed by atoms with van der Waals surface area (Å²) in [5, 5.41) is 2.25. The van der Waals surface area contributed by atoms with Crippen LogP contribution >= 0.6 is 0 Å². The second kappa shape index (κ2) is 5.09. The van der Waals surface area contributed by atoms with Gasteiger partial charge in [0.05, 0.1) is 5.56 Å². The van der Waals surface area contributed by atoms with Gasteiger partial charge in [-0.25, -0.2) is 13.2 Å². The molecule has 0 aliphatic heterocycles. The van der Waals surface area contributed by atoms with E-state index in [2.05, 4.69) is 10.3 Å². The summed E-state index contributed by atoms with van der Waals surface area (Å²) >= 11 is 0. The second-order valence-electron chi connectivity index (χ2n) is 3.83. The summed E-state index contributed by atoms with van der Waals surface area (Å²) in [6.07, 6.45) is 1.24. The number of anilines is 1. The normalized spacial score (nSPS) is 10.3. The van der Waals surface area contributed by atoms with Crippen LogP contribution in [0.2, 0.25) is 0 Å². The Morgan fingerprint density at radius 1 is 1.16 bits per heavy atom. The maximum Gasteiger partial charge on any atom is 0.221 e. The van der Waals surface area contributed by atoms with E-state index in [0.29, 0.717) is 0 Å². The number of pyridine rings is 1. The SMILES string of the molecule is CC(=O)Nc1cc(F)c(-c2ncccc2F)c(F)c1. The minimum absolute atomic E-state index is 0.0393. The number of nitrogens with zero attached hydrogens (tertiary/aromatic N) is 1. The van der Waals surface area contributed by atoms with Gasteiger partial charge in [0.25, 0.3) is 0 Å². The van der Waals surface area contributed by atoms with Crippen molar-refractivity contribution in [2.75, 3.05) is 5.32 Å². The van der Waals surface area contributed by atoms with Gasteiger partial charge in [-0.2, -0.15) is 0 Å². The Morgan fingerprint density at radius 3 is 2.32 bits per heavy atom. The molecule has 0 unspecified atom stereocenters. The zero-order valence-electron chi connectivity index (χ0n) is 9.88. The average Bonchev–Trinajstić information content (AvgIpc) is 2.29. The van der Waals surface area contributed by atoms with E-state index in [4.69, 9.17) is 0 Å². The molecule has 0 atom stereocenters. The van der Waals surface area contributed by atoms with Crippen molar-refractivity contribution in [1.82, 2.24) is 4.98 Å². The first-order chi connectivity index (χ1) is 8.99. The molecule has 0 radical (unpaired) electrons. The first-order valence-corrected chi connectivity index (χ1v) is 5.36. The molecule has 0 spiro atoms. The van der Waals surface area contributed by atoms with Crippen molar-refractivity contribution in [1.29, 1.82) is 0 Å². The maximum atomic E-state index is 13.8. The Bertz CT molecular complexity index is 621. The summed E-state index contributed by atoms with van der Waals surface area (Å²) < 4.78 is 41.1. The third-order valence-corrected chi connectivity index (χ3v) is 2.36. The molecule has 2 rings (SSSR count). The Morgan fingerprint density at radius 2 is 1.79 bits per heavy atom. The standard InChI is InChI=1S/C13H9F3N2O/c1-7(19)18-8-5-10(15)12(11(16)6-8)13-9(14)3-2-4-17-13/h2-6H,1H3,(H,18,19). The molecule has 3 nitrogen and oxygen atoms in total. The number of halogens is 3. The Kier molecular flexibility index (Phi) is 3.50. The molecule has 2 aromatic rings. The highest BCUT2D eigenvalue weighted by atomic mass is 19.1. The monoisotopic (exact) mass is 266 g/mol. The number of nitrogens with one attached hydrogen (secondary N) is 1. The Labute approximate surface area is 107 Å². The largest absolute Gasteiger partial charge is 0.326 e. The first kappa shape index (κ1) is 13.1. The van der Waals surface area contributed by atoms with E-state index in [1.54, 1.807) is 0 Å².